The van der Waals surface area contributed by atoms with Crippen LogP contribution in [0.1, 0.15) is 66.8 Å². The van der Waals surface area contributed by atoms with Gasteiger partial charge in [0, 0.05) is 35.5 Å². The second-order valence-corrected chi connectivity index (χ2v) is 13.2. The van der Waals surface area contributed by atoms with Gasteiger partial charge in [-0.15, -0.1) is 13.2 Å². The summed E-state index contributed by atoms with van der Waals surface area (Å²) in [6.07, 6.45) is 12.3. The number of benzene rings is 3. The van der Waals surface area contributed by atoms with E-state index in [0.29, 0.717) is 0 Å². The molecule has 1 atom stereocenters. The monoisotopic (exact) mass is 665 g/mol. The molecule has 5 heteroatoms. The summed E-state index contributed by atoms with van der Waals surface area (Å²) in [4.78, 5) is 2.57. The Labute approximate surface area is 295 Å². The van der Waals surface area contributed by atoms with Crippen LogP contribution in [0.3, 0.4) is 0 Å². The van der Waals surface area contributed by atoms with Crippen LogP contribution < -0.4 is 15.5 Å². The zero-order valence-electron chi connectivity index (χ0n) is 29.7. The topological polar surface area (TPSA) is 47.5 Å². The highest BCUT2D eigenvalue weighted by Crippen LogP contribution is 2.30. The maximum absolute atomic E-state index is 10.3. The van der Waals surface area contributed by atoms with Crippen LogP contribution in [0.5, 0.6) is 5.75 Å². The largest absolute Gasteiger partial charge is 0.508 e. The molecule has 0 spiro atoms. The molecule has 4 nitrogen and oxygen atoms in total. The Bertz CT molecular complexity index is 1560. The zero-order chi connectivity index (χ0) is 35.1. The summed E-state index contributed by atoms with van der Waals surface area (Å²) < 4.78 is 0. The third kappa shape index (κ3) is 11.6. The Morgan fingerprint density at radius 2 is 1.65 bits per heavy atom. The molecule has 0 bridgehead atoms. The van der Waals surface area contributed by atoms with Gasteiger partial charge in [-0.2, -0.15) is 0 Å². The van der Waals surface area contributed by atoms with Gasteiger partial charge in [-0.3, -0.25) is 0 Å². The molecule has 4 rings (SSSR count). The van der Waals surface area contributed by atoms with Crippen LogP contribution in [-0.4, -0.2) is 37.8 Å². The van der Waals surface area contributed by atoms with E-state index in [-0.39, 0.29) is 11.8 Å². The lowest BCUT2D eigenvalue weighted by atomic mass is 9.95. The fourth-order valence-electron chi connectivity index (χ4n) is 6.29. The number of unbranched alkanes of at least 4 members (excludes halogenated alkanes) is 2. The molecule has 3 N–H and O–H groups in total. The van der Waals surface area contributed by atoms with Crippen molar-refractivity contribution in [3.05, 3.63) is 149 Å². The first-order valence-electron chi connectivity index (χ1n) is 17.2. The highest BCUT2D eigenvalue weighted by Gasteiger charge is 2.19. The third-order valence-corrected chi connectivity index (χ3v) is 9.28. The van der Waals surface area contributed by atoms with Crippen molar-refractivity contribution < 1.29 is 5.11 Å². The number of hydrogen-bond donors (Lipinski definition) is 3. The molecule has 0 aromatic heterocycles. The van der Waals surface area contributed by atoms with Crippen molar-refractivity contribution in [2.45, 2.75) is 71.8 Å². The zero-order valence-corrected chi connectivity index (χ0v) is 30.4. The Balaban J connectivity index is 0.00000307. The summed E-state index contributed by atoms with van der Waals surface area (Å²) in [5.74, 6) is 0.286. The van der Waals surface area contributed by atoms with E-state index in [1.54, 1.807) is 6.07 Å². The van der Waals surface area contributed by atoms with Gasteiger partial charge in [-0.05, 0) is 142 Å². The number of aromatic hydroxyl groups is 1. The van der Waals surface area contributed by atoms with E-state index in [1.807, 2.05) is 39.1 Å². The Hall–Kier alpha value is -3.99. The van der Waals surface area contributed by atoms with Gasteiger partial charge >= 0.3 is 0 Å². The van der Waals surface area contributed by atoms with Gasteiger partial charge in [-0.1, -0.05) is 79.2 Å². The first kappa shape index (κ1) is 38.5. The van der Waals surface area contributed by atoms with Crippen LogP contribution in [0.4, 0.5) is 5.69 Å². The third-order valence-electron chi connectivity index (χ3n) is 9.03. The van der Waals surface area contributed by atoms with Crippen molar-refractivity contribution in [3.63, 3.8) is 0 Å². The van der Waals surface area contributed by atoms with Crippen LogP contribution in [0.25, 0.3) is 5.57 Å². The Kier molecular flexibility index (Phi) is 15.8. The van der Waals surface area contributed by atoms with Crippen LogP contribution in [0.15, 0.2) is 116 Å². The van der Waals surface area contributed by atoms with Crippen LogP contribution >= 0.6 is 11.6 Å². The van der Waals surface area contributed by atoms with Crippen molar-refractivity contribution in [2.75, 3.05) is 31.6 Å². The highest BCUT2D eigenvalue weighted by molar-refractivity contribution is 6.30. The van der Waals surface area contributed by atoms with E-state index in [4.69, 9.17) is 11.6 Å². The molecule has 1 heterocycles. The quantitative estimate of drug-likeness (QED) is 0.0859. The van der Waals surface area contributed by atoms with Crippen molar-refractivity contribution >= 4 is 22.9 Å². The van der Waals surface area contributed by atoms with Crippen molar-refractivity contribution in [3.8, 4) is 5.75 Å². The van der Waals surface area contributed by atoms with Crippen LogP contribution in [0, 0.1) is 13.8 Å². The number of phenols is 1. The van der Waals surface area contributed by atoms with E-state index in [0.717, 1.165) is 83.9 Å². The Morgan fingerprint density at radius 3 is 2.33 bits per heavy atom. The molecule has 1 aliphatic rings. The molecular formula is C43H56ClN3O. The maximum Gasteiger partial charge on any atom is 0.119 e. The molecule has 1 fully saturated rings. The van der Waals surface area contributed by atoms with Gasteiger partial charge in [-0.25, -0.2) is 0 Å². The SMILES string of the molecule is C=C.C=C(NC(C=C1CCN(c2ccccc2CCCCCNC)CC1)Cc1ccc(Cl)cc1)/C(C)=C/C(=C)c1cc(O)c(C)cc1C. The number of rotatable bonds is 15. The number of anilines is 1. The number of halogens is 1. The minimum atomic E-state index is 0.0851. The molecule has 1 saturated heterocycles. The van der Waals surface area contributed by atoms with Gasteiger partial charge in [0.25, 0.3) is 0 Å². The average molecular weight is 666 g/mol. The molecule has 1 unspecified atom stereocenters. The van der Waals surface area contributed by atoms with Crippen LogP contribution in [-0.2, 0) is 12.8 Å². The lowest BCUT2D eigenvalue weighted by molar-refractivity contribution is 0.471. The number of nitrogens with one attached hydrogen (secondary N) is 2. The van der Waals surface area contributed by atoms with Gasteiger partial charge in [0.05, 0.1) is 0 Å². The minimum absolute atomic E-state index is 0.0851. The standard InChI is InChI=1S/C41H52ClN3O.C2H4/c1-29(24-30(2)39-28-41(46)32(4)25-31(39)3)33(5)44-38(26-34-15-17-37(42)18-16-34)27-35-19-22-45(23-20-35)40-14-10-9-13-36(40)12-8-7-11-21-43-6;1-2/h9-10,13-18,24-25,27-28,38,43-44,46H,2,5,7-8,11-12,19-23,26H2,1,3-4,6H3;1-2H2/b29-24+;. The first-order chi connectivity index (χ1) is 23.1. The van der Waals surface area contributed by atoms with Crippen molar-refractivity contribution in [2.24, 2.45) is 0 Å². The summed E-state index contributed by atoms with van der Waals surface area (Å²) in [5, 5.41) is 18.0. The number of piperidine rings is 1. The molecular weight excluding hydrogens is 610 g/mol. The van der Waals surface area contributed by atoms with Gasteiger partial charge in [0.1, 0.15) is 5.75 Å². The number of para-hydroxylation sites is 1. The molecule has 3 aromatic carbocycles. The molecule has 48 heavy (non-hydrogen) atoms. The molecule has 0 radical (unpaired) electrons. The molecule has 1 aliphatic heterocycles. The lowest BCUT2D eigenvalue weighted by Gasteiger charge is -2.33. The fourth-order valence-corrected chi connectivity index (χ4v) is 6.41. The van der Waals surface area contributed by atoms with Gasteiger partial charge in [0.15, 0.2) is 0 Å². The summed E-state index contributed by atoms with van der Waals surface area (Å²) >= 11 is 6.20. The average Bonchev–Trinajstić information content (AvgIpc) is 3.08. The van der Waals surface area contributed by atoms with Gasteiger partial charge in [0.2, 0.25) is 0 Å². The molecule has 0 amide bonds. The first-order valence-corrected chi connectivity index (χ1v) is 17.6. The number of aryl methyl sites for hydroxylation is 3. The molecule has 0 saturated carbocycles. The summed E-state index contributed by atoms with van der Waals surface area (Å²) in [6.45, 7) is 23.9. The predicted octanol–water partition coefficient (Wildman–Crippen LogP) is 10.3. The molecule has 3 aromatic rings. The lowest BCUT2D eigenvalue weighted by Crippen LogP contribution is -2.33. The molecule has 256 valence electrons. The van der Waals surface area contributed by atoms with E-state index >= 15 is 0 Å². The summed E-state index contributed by atoms with van der Waals surface area (Å²) in [7, 11) is 2.03. The number of phenolic OH excluding ortho intramolecular Hbond substituents is 1. The summed E-state index contributed by atoms with van der Waals surface area (Å²) in [5.41, 5.74) is 11.2. The number of nitrogens with zero attached hydrogens (tertiary/aromatic N) is 1. The summed E-state index contributed by atoms with van der Waals surface area (Å²) in [6, 6.07) is 21.0. The number of hydrogen-bond acceptors (Lipinski definition) is 4. The Morgan fingerprint density at radius 1 is 0.958 bits per heavy atom. The predicted molar refractivity (Wildman–Crippen MR) is 210 cm³/mol. The maximum atomic E-state index is 10.3. The van der Waals surface area contributed by atoms with Gasteiger partial charge < -0.3 is 20.6 Å². The van der Waals surface area contributed by atoms with E-state index in [9.17, 15) is 5.11 Å². The highest BCUT2D eigenvalue weighted by atomic mass is 35.5. The van der Waals surface area contributed by atoms with E-state index in [2.05, 4.69) is 97.3 Å². The minimum Gasteiger partial charge on any atom is -0.508 e. The smallest absolute Gasteiger partial charge is 0.119 e. The fraction of sp³-hybridized carbons (Fsp3) is 0.349. The van der Waals surface area contributed by atoms with E-state index in [1.165, 1.54) is 41.6 Å². The second kappa shape index (κ2) is 19.7. The molecule has 0 aliphatic carbocycles. The van der Waals surface area contributed by atoms with Crippen LogP contribution in [0.2, 0.25) is 5.02 Å². The van der Waals surface area contributed by atoms with Crippen molar-refractivity contribution in [1.82, 2.24) is 10.6 Å². The van der Waals surface area contributed by atoms with E-state index < -0.39 is 0 Å². The number of allylic oxidation sites excluding steroid dienone is 3. The van der Waals surface area contributed by atoms with Crippen molar-refractivity contribution in [1.29, 1.82) is 0 Å². The second-order valence-electron chi connectivity index (χ2n) is 12.7. The normalized spacial score (nSPS) is 13.7.